The maximum absolute atomic E-state index is 12.9. The van der Waals surface area contributed by atoms with Crippen molar-refractivity contribution >= 4 is 54.8 Å². The third-order valence-electron chi connectivity index (χ3n) is 5.88. The normalized spacial score (nSPS) is 15.7. The number of nitrogens with zero attached hydrogens (tertiary/aromatic N) is 2. The molecule has 37 heavy (non-hydrogen) atoms. The molecule has 0 aliphatic carbocycles. The maximum Gasteiger partial charge on any atom is 0.244 e. The number of ether oxygens (including phenoxy) is 1. The van der Waals surface area contributed by atoms with Crippen molar-refractivity contribution in [3.63, 3.8) is 0 Å². The zero-order valence-electron chi connectivity index (χ0n) is 20.7. The van der Waals surface area contributed by atoms with Crippen molar-refractivity contribution in [1.29, 1.82) is 0 Å². The molecule has 13 heteroatoms. The average molecular weight is 593 g/mol. The van der Waals surface area contributed by atoms with E-state index < -0.39 is 32.0 Å². The molecule has 1 atom stereocenters. The van der Waals surface area contributed by atoms with Gasteiger partial charge in [-0.1, -0.05) is 36.5 Å². The number of hydrogen-bond donors (Lipinski definition) is 1. The summed E-state index contributed by atoms with van der Waals surface area (Å²) in [6.45, 7) is 2.96. The molecule has 2 aromatic rings. The zero-order valence-corrected chi connectivity index (χ0v) is 23.8. The predicted molar refractivity (Wildman–Crippen MR) is 145 cm³/mol. The van der Waals surface area contributed by atoms with Gasteiger partial charge in [0.15, 0.2) is 0 Å². The summed E-state index contributed by atoms with van der Waals surface area (Å²) in [5.41, 5.74) is 0.192. The van der Waals surface area contributed by atoms with Crippen molar-refractivity contribution in [3.8, 4) is 5.75 Å². The second-order valence-electron chi connectivity index (χ2n) is 8.69. The van der Waals surface area contributed by atoms with Gasteiger partial charge in [0.05, 0.1) is 23.4 Å². The van der Waals surface area contributed by atoms with Gasteiger partial charge in [-0.3, -0.25) is 9.10 Å². The largest absolute Gasteiger partial charge is 0.492 e. The summed E-state index contributed by atoms with van der Waals surface area (Å²) in [6.07, 6.45) is 3.97. The van der Waals surface area contributed by atoms with Crippen molar-refractivity contribution in [2.24, 2.45) is 0 Å². The first-order valence-electron chi connectivity index (χ1n) is 11.9. The van der Waals surface area contributed by atoms with Gasteiger partial charge in [0.2, 0.25) is 26.0 Å². The van der Waals surface area contributed by atoms with E-state index in [1.54, 1.807) is 19.1 Å². The number of nitrogens with one attached hydrogen (secondary N) is 1. The molecule has 9 nitrogen and oxygen atoms in total. The van der Waals surface area contributed by atoms with E-state index >= 15 is 0 Å². The van der Waals surface area contributed by atoms with Crippen molar-refractivity contribution in [1.82, 2.24) is 9.62 Å². The number of benzene rings is 2. The molecule has 1 amide bonds. The molecule has 1 aliphatic rings. The Hall–Kier alpha value is -2.05. The highest BCUT2D eigenvalue weighted by molar-refractivity contribution is 7.92. The second kappa shape index (κ2) is 12.7. The van der Waals surface area contributed by atoms with Crippen LogP contribution in [0.4, 0.5) is 5.69 Å². The highest BCUT2D eigenvalue weighted by Crippen LogP contribution is 2.29. The van der Waals surface area contributed by atoms with E-state index in [1.807, 2.05) is 0 Å². The third kappa shape index (κ3) is 7.73. The summed E-state index contributed by atoms with van der Waals surface area (Å²) >= 11 is 12.1. The Morgan fingerprint density at radius 1 is 1.03 bits per heavy atom. The lowest BCUT2D eigenvalue weighted by Crippen LogP contribution is -2.50. The number of piperidine rings is 1. The topological polar surface area (TPSA) is 113 Å². The van der Waals surface area contributed by atoms with Crippen LogP contribution in [-0.2, 0) is 24.8 Å². The summed E-state index contributed by atoms with van der Waals surface area (Å²) in [7, 11) is -7.36. The molecular formula is C24H31Cl2N3O6S2. The number of carbonyl (C=O) groups is 1. The first-order valence-corrected chi connectivity index (χ1v) is 15.9. The molecule has 3 rings (SSSR count). The second-order valence-corrected chi connectivity index (χ2v) is 13.4. The van der Waals surface area contributed by atoms with Crippen LogP contribution in [0.3, 0.4) is 0 Å². The van der Waals surface area contributed by atoms with Gasteiger partial charge in [-0.2, -0.15) is 4.31 Å². The summed E-state index contributed by atoms with van der Waals surface area (Å²) in [5.74, 6) is -0.0548. The van der Waals surface area contributed by atoms with Gasteiger partial charge in [0.25, 0.3) is 0 Å². The Kier molecular flexibility index (Phi) is 10.1. The van der Waals surface area contributed by atoms with Crippen molar-refractivity contribution in [3.05, 3.63) is 52.5 Å². The number of anilines is 1. The van der Waals surface area contributed by atoms with E-state index in [1.165, 1.54) is 34.6 Å². The molecule has 0 radical (unpaired) electrons. The molecule has 0 aromatic heterocycles. The van der Waals surface area contributed by atoms with Gasteiger partial charge in [-0.15, -0.1) is 0 Å². The zero-order chi connectivity index (χ0) is 27.2. The molecule has 0 spiro atoms. The Labute approximate surface area is 228 Å². The quantitative estimate of drug-likeness (QED) is 0.396. The van der Waals surface area contributed by atoms with Crippen molar-refractivity contribution < 1.29 is 26.4 Å². The van der Waals surface area contributed by atoms with Gasteiger partial charge in [-0.05, 0) is 61.7 Å². The number of rotatable bonds is 11. The van der Waals surface area contributed by atoms with Gasteiger partial charge in [0.1, 0.15) is 18.4 Å². The molecule has 1 unspecified atom stereocenters. The summed E-state index contributed by atoms with van der Waals surface area (Å²) in [5, 5.41) is 3.19. The lowest BCUT2D eigenvalue weighted by Gasteiger charge is -2.30. The van der Waals surface area contributed by atoms with E-state index in [-0.39, 0.29) is 40.2 Å². The van der Waals surface area contributed by atoms with Gasteiger partial charge in [0, 0.05) is 23.1 Å². The predicted octanol–water partition coefficient (Wildman–Crippen LogP) is 3.91. The van der Waals surface area contributed by atoms with Gasteiger partial charge < -0.3 is 10.1 Å². The summed E-state index contributed by atoms with van der Waals surface area (Å²) < 4.78 is 58.8. The van der Waals surface area contributed by atoms with Gasteiger partial charge in [-0.25, -0.2) is 16.8 Å². The van der Waals surface area contributed by atoms with Crippen molar-refractivity contribution in [2.45, 2.75) is 43.5 Å². The van der Waals surface area contributed by atoms with Crippen LogP contribution in [0.2, 0.25) is 10.0 Å². The van der Waals surface area contributed by atoms with Crippen LogP contribution >= 0.6 is 23.2 Å². The fraction of sp³-hybridized carbons (Fsp3) is 0.458. The number of carbonyl (C=O) groups excluding carboxylic acids is 1. The van der Waals surface area contributed by atoms with E-state index in [2.05, 4.69) is 5.32 Å². The molecule has 1 aliphatic heterocycles. The number of halogens is 2. The Balaban J connectivity index is 1.59. The fourth-order valence-electron chi connectivity index (χ4n) is 4.15. The first kappa shape index (κ1) is 29.5. The van der Waals surface area contributed by atoms with Crippen LogP contribution < -0.4 is 14.4 Å². The molecule has 1 fully saturated rings. The lowest BCUT2D eigenvalue weighted by atomic mass is 10.2. The SMILES string of the molecule is CCC(C(=O)NCCOc1ccc(S(=O)(=O)N2CCCCC2)cc1)N(c1cc(Cl)cc(Cl)c1)S(C)(=O)=O. The number of hydrogen-bond acceptors (Lipinski definition) is 6. The highest BCUT2D eigenvalue weighted by Gasteiger charge is 2.32. The first-order chi connectivity index (χ1) is 17.4. The molecule has 0 saturated carbocycles. The molecule has 0 bridgehead atoms. The average Bonchev–Trinajstić information content (AvgIpc) is 2.84. The third-order valence-corrected chi connectivity index (χ3v) is 9.41. The Morgan fingerprint density at radius 2 is 1.62 bits per heavy atom. The summed E-state index contributed by atoms with van der Waals surface area (Å²) in [4.78, 5) is 13.1. The van der Waals surface area contributed by atoms with Crippen LogP contribution in [0.1, 0.15) is 32.6 Å². The molecule has 1 saturated heterocycles. The Bertz CT molecular complexity index is 1280. The minimum Gasteiger partial charge on any atom is -0.492 e. The molecule has 2 aromatic carbocycles. The molecule has 1 heterocycles. The van der Waals surface area contributed by atoms with Crippen LogP contribution in [0.15, 0.2) is 47.4 Å². The molecule has 1 N–H and O–H groups in total. The van der Waals surface area contributed by atoms with Crippen LogP contribution in [0.5, 0.6) is 5.75 Å². The van der Waals surface area contributed by atoms with Crippen LogP contribution in [-0.4, -0.2) is 65.6 Å². The highest BCUT2D eigenvalue weighted by atomic mass is 35.5. The minimum absolute atomic E-state index is 0.0995. The monoisotopic (exact) mass is 591 g/mol. The fourth-order valence-corrected chi connectivity index (χ4v) is 7.38. The van der Waals surface area contributed by atoms with E-state index in [0.717, 1.165) is 29.8 Å². The minimum atomic E-state index is -3.83. The standard InChI is InChI=1S/C24H31Cl2N3O6S2/c1-3-23(29(36(2,31)32)20-16-18(25)15-19(26)17-20)24(30)27-11-14-35-21-7-9-22(10-8-21)37(33,34)28-12-5-4-6-13-28/h7-10,15-17,23H,3-6,11-14H2,1-2H3,(H,27,30). The number of amides is 1. The lowest BCUT2D eigenvalue weighted by molar-refractivity contribution is -0.122. The summed E-state index contributed by atoms with van der Waals surface area (Å²) in [6, 6.07) is 9.47. The van der Waals surface area contributed by atoms with E-state index in [9.17, 15) is 21.6 Å². The smallest absolute Gasteiger partial charge is 0.244 e. The van der Waals surface area contributed by atoms with Crippen molar-refractivity contribution in [2.75, 3.05) is 36.8 Å². The van der Waals surface area contributed by atoms with E-state index in [0.29, 0.717) is 18.8 Å². The van der Waals surface area contributed by atoms with Crippen LogP contribution in [0.25, 0.3) is 0 Å². The van der Waals surface area contributed by atoms with Crippen LogP contribution in [0, 0.1) is 0 Å². The van der Waals surface area contributed by atoms with Gasteiger partial charge >= 0.3 is 0 Å². The number of sulfonamides is 2. The van der Waals surface area contributed by atoms with E-state index in [4.69, 9.17) is 27.9 Å². The molecular weight excluding hydrogens is 561 g/mol. The maximum atomic E-state index is 12.9. The molecule has 204 valence electrons. The Morgan fingerprint density at radius 3 is 2.16 bits per heavy atom.